The van der Waals surface area contributed by atoms with Crippen LogP contribution in [0.4, 0.5) is 4.79 Å². The molecule has 2 aromatic carbocycles. The van der Waals surface area contributed by atoms with Gasteiger partial charge in [-0.25, -0.2) is 9.59 Å². The van der Waals surface area contributed by atoms with Crippen molar-refractivity contribution in [2.45, 2.75) is 142 Å². The van der Waals surface area contributed by atoms with Gasteiger partial charge in [0.1, 0.15) is 41.1 Å². The highest BCUT2D eigenvalue weighted by Crippen LogP contribution is 2.21. The van der Waals surface area contributed by atoms with Crippen molar-refractivity contribution >= 4 is 41.6 Å². The summed E-state index contributed by atoms with van der Waals surface area (Å²) in [6.07, 6.45) is -1.15. The predicted octanol–water partition coefficient (Wildman–Crippen LogP) is 2.40. The molecule has 0 bridgehead atoms. The lowest BCUT2D eigenvalue weighted by molar-refractivity contribution is -0.161. The molecule has 2 aromatic rings. The molecule has 17 heteroatoms. The quantitative estimate of drug-likeness (QED) is 0.108. The van der Waals surface area contributed by atoms with E-state index < -0.39 is 95.7 Å². The number of hydrogen-bond acceptors (Lipinski definition) is 11. The van der Waals surface area contributed by atoms with Gasteiger partial charge in [0.05, 0.1) is 12.6 Å². The Morgan fingerprint density at radius 1 is 0.738 bits per heavy atom. The molecule has 1 heterocycles. The minimum absolute atomic E-state index is 0.0224. The summed E-state index contributed by atoms with van der Waals surface area (Å²) in [6, 6.07) is 9.11. The molecule has 1 aliphatic heterocycles. The van der Waals surface area contributed by atoms with Crippen LogP contribution in [0.3, 0.4) is 0 Å². The number of benzene rings is 2. The number of aliphatic hydroxyl groups excluding tert-OH is 1. The van der Waals surface area contributed by atoms with Gasteiger partial charge in [-0.3, -0.25) is 24.0 Å². The van der Waals surface area contributed by atoms with Crippen LogP contribution in [0.25, 0.3) is 0 Å². The van der Waals surface area contributed by atoms with Gasteiger partial charge in [0, 0.05) is 19.4 Å². The molecule has 17 nitrogen and oxygen atoms in total. The van der Waals surface area contributed by atoms with E-state index in [0.29, 0.717) is 24.0 Å². The van der Waals surface area contributed by atoms with E-state index in [1.165, 1.54) is 24.0 Å². The number of phenols is 1. The fraction of sp³-hybridized carbons (Fsp3) is 0.568. The number of ether oxygens (including phenoxy) is 2. The van der Waals surface area contributed by atoms with Crippen molar-refractivity contribution in [1.29, 1.82) is 0 Å². The Kier molecular flexibility index (Phi) is 18.1. The zero-order chi connectivity index (χ0) is 45.7. The Morgan fingerprint density at radius 3 is 1.89 bits per heavy atom. The summed E-state index contributed by atoms with van der Waals surface area (Å²) in [5.74, 6) is -4.24. The summed E-state index contributed by atoms with van der Waals surface area (Å²) in [7, 11) is 0. The number of rotatable bonds is 18. The van der Waals surface area contributed by atoms with Gasteiger partial charge in [0.2, 0.25) is 29.5 Å². The van der Waals surface area contributed by atoms with Gasteiger partial charge in [0.25, 0.3) is 0 Å². The first-order valence-electron chi connectivity index (χ1n) is 20.6. The van der Waals surface area contributed by atoms with Crippen molar-refractivity contribution < 1.29 is 53.2 Å². The minimum atomic E-state index is -1.42. The van der Waals surface area contributed by atoms with E-state index in [1.54, 1.807) is 84.0 Å². The molecule has 0 aliphatic carbocycles. The number of amides is 6. The molecular formula is C44H64N6O11. The fourth-order valence-corrected chi connectivity index (χ4v) is 6.58. The van der Waals surface area contributed by atoms with Gasteiger partial charge in [-0.1, -0.05) is 56.3 Å². The Morgan fingerprint density at radius 2 is 1.31 bits per heavy atom. The second-order valence-electron chi connectivity index (χ2n) is 17.7. The molecule has 0 radical (unpaired) electrons. The third-order valence-corrected chi connectivity index (χ3v) is 9.34. The van der Waals surface area contributed by atoms with Crippen LogP contribution in [0.5, 0.6) is 5.75 Å². The average molecular weight is 853 g/mol. The molecule has 7 N–H and O–H groups in total. The van der Waals surface area contributed by atoms with E-state index in [2.05, 4.69) is 26.6 Å². The maximum absolute atomic E-state index is 14.0. The van der Waals surface area contributed by atoms with Gasteiger partial charge >= 0.3 is 12.1 Å². The molecule has 1 aliphatic rings. The van der Waals surface area contributed by atoms with Crippen molar-refractivity contribution in [1.82, 2.24) is 31.5 Å². The Bertz CT molecular complexity index is 1820. The molecule has 1 fully saturated rings. The predicted molar refractivity (Wildman–Crippen MR) is 226 cm³/mol. The van der Waals surface area contributed by atoms with Crippen LogP contribution in [0.2, 0.25) is 0 Å². The lowest BCUT2D eigenvalue weighted by Gasteiger charge is -2.30. The number of nitrogens with zero attached hydrogens (tertiary/aromatic N) is 1. The van der Waals surface area contributed by atoms with E-state index in [-0.39, 0.29) is 37.5 Å². The Labute approximate surface area is 358 Å². The van der Waals surface area contributed by atoms with E-state index in [4.69, 9.17) is 9.47 Å². The number of hydrogen-bond donors (Lipinski definition) is 7. The first-order valence-corrected chi connectivity index (χ1v) is 20.6. The number of phenolic OH excluding ortho intramolecular Hbond substituents is 1. The summed E-state index contributed by atoms with van der Waals surface area (Å²) in [5.41, 5.74) is -0.406. The summed E-state index contributed by atoms with van der Waals surface area (Å²) >= 11 is 0. The van der Waals surface area contributed by atoms with Crippen LogP contribution >= 0.6 is 0 Å². The van der Waals surface area contributed by atoms with Crippen LogP contribution in [0, 0.1) is 5.92 Å². The molecule has 6 atom stereocenters. The number of carbonyl (C=O) groups is 7. The van der Waals surface area contributed by atoms with Crippen LogP contribution in [-0.2, 0) is 51.1 Å². The normalized spacial score (nSPS) is 16.6. The van der Waals surface area contributed by atoms with Gasteiger partial charge in [-0.15, -0.1) is 0 Å². The lowest BCUT2D eigenvalue weighted by atomic mass is 10.0. The zero-order valence-corrected chi connectivity index (χ0v) is 36.7. The summed E-state index contributed by atoms with van der Waals surface area (Å²) < 4.78 is 10.8. The second-order valence-corrected chi connectivity index (χ2v) is 17.7. The number of likely N-dealkylation sites (tertiary alicyclic amines) is 1. The minimum Gasteiger partial charge on any atom is -0.508 e. The molecule has 0 spiro atoms. The topological polar surface area (TPSA) is 242 Å². The molecule has 0 aromatic heterocycles. The zero-order valence-electron chi connectivity index (χ0n) is 36.7. The van der Waals surface area contributed by atoms with E-state index in [9.17, 15) is 43.8 Å². The molecule has 3 rings (SSSR count). The molecule has 336 valence electrons. The van der Waals surface area contributed by atoms with E-state index >= 15 is 0 Å². The SMILES string of the molecule is CC(C)C[C@H](NC(=O)[C@H](Cc1ccccc1)NC(=O)CNC(=O)[C@@H]1CCCN1C(=O)[C@H](Cc1ccc(O)cc1)NC(=O)OC(C)(C)C)C(=O)N[C@H](C(=O)OC(C)(C)C)C(C)O. The monoisotopic (exact) mass is 852 g/mol. The van der Waals surface area contributed by atoms with E-state index in [0.717, 1.165) is 0 Å². The lowest BCUT2D eigenvalue weighted by Crippen LogP contribution is -2.59. The molecular weight excluding hydrogens is 789 g/mol. The number of aliphatic hydroxyl groups is 1. The van der Waals surface area contributed by atoms with Crippen LogP contribution in [0.15, 0.2) is 54.6 Å². The smallest absolute Gasteiger partial charge is 0.408 e. The van der Waals surface area contributed by atoms with Crippen LogP contribution in [-0.4, -0.2) is 117 Å². The first-order chi connectivity index (χ1) is 28.4. The molecule has 61 heavy (non-hydrogen) atoms. The second kappa shape index (κ2) is 22.2. The number of carbonyl (C=O) groups excluding carboxylic acids is 7. The number of alkyl carbamates (subject to hydrolysis) is 1. The highest BCUT2D eigenvalue weighted by Gasteiger charge is 2.39. The van der Waals surface area contributed by atoms with Gasteiger partial charge < -0.3 is 51.2 Å². The summed E-state index contributed by atoms with van der Waals surface area (Å²) in [5, 5.41) is 33.2. The standard InChI is InChI=1S/C44H64N6O11/c1-26(2)22-31(38(55)49-36(27(3)51)41(58)60-43(4,5)6)47-37(54)32(23-28-14-11-10-12-15-28)46-35(53)25-45-39(56)34-16-13-21-50(34)40(57)33(48-42(59)61-44(7,8)9)24-29-17-19-30(52)20-18-29/h10-12,14-15,17-20,26-27,31-34,36,51-52H,13,16,21-25H2,1-9H3,(H,45,56)(H,46,53)(H,47,54)(H,48,59)(H,49,55)/t27?,31-,32-,33-,34-,36-/m0/s1. The highest BCUT2D eigenvalue weighted by molar-refractivity contribution is 5.96. The third-order valence-electron chi connectivity index (χ3n) is 9.34. The Balaban J connectivity index is 1.75. The van der Waals surface area contributed by atoms with Gasteiger partial charge in [0.15, 0.2) is 6.04 Å². The van der Waals surface area contributed by atoms with Crippen molar-refractivity contribution in [3.8, 4) is 5.75 Å². The largest absolute Gasteiger partial charge is 0.508 e. The number of esters is 1. The van der Waals surface area contributed by atoms with Crippen molar-refractivity contribution in [3.05, 3.63) is 65.7 Å². The number of aromatic hydroxyl groups is 1. The van der Waals surface area contributed by atoms with E-state index in [1.807, 2.05) is 13.8 Å². The summed E-state index contributed by atoms with van der Waals surface area (Å²) in [4.78, 5) is 95.5. The van der Waals surface area contributed by atoms with Gasteiger partial charge in [-0.05, 0) is 96.9 Å². The molecule has 1 saturated heterocycles. The first kappa shape index (κ1) is 49.7. The van der Waals surface area contributed by atoms with Crippen molar-refractivity contribution in [2.24, 2.45) is 5.92 Å². The number of nitrogens with one attached hydrogen (secondary N) is 5. The van der Waals surface area contributed by atoms with Crippen LogP contribution in [0.1, 0.15) is 92.7 Å². The Hall–Kier alpha value is -5.71. The molecule has 0 saturated carbocycles. The maximum Gasteiger partial charge on any atom is 0.408 e. The van der Waals surface area contributed by atoms with Gasteiger partial charge in [-0.2, -0.15) is 0 Å². The van der Waals surface area contributed by atoms with Crippen molar-refractivity contribution in [3.63, 3.8) is 0 Å². The summed E-state index contributed by atoms with van der Waals surface area (Å²) in [6.45, 7) is 14.7. The third kappa shape index (κ3) is 17.1. The maximum atomic E-state index is 14.0. The fourth-order valence-electron chi connectivity index (χ4n) is 6.58. The van der Waals surface area contributed by atoms with Crippen molar-refractivity contribution in [2.75, 3.05) is 13.1 Å². The molecule has 6 amide bonds. The molecule has 1 unspecified atom stereocenters. The van der Waals surface area contributed by atoms with Crippen LogP contribution < -0.4 is 26.6 Å². The highest BCUT2D eigenvalue weighted by atomic mass is 16.6. The average Bonchev–Trinajstić information content (AvgIpc) is 3.64.